The third-order valence-corrected chi connectivity index (χ3v) is 5.78. The van der Waals surface area contributed by atoms with E-state index in [0.717, 1.165) is 16.5 Å². The van der Waals surface area contributed by atoms with Crippen molar-refractivity contribution in [2.75, 3.05) is 4.90 Å². The summed E-state index contributed by atoms with van der Waals surface area (Å²) < 4.78 is 0. The van der Waals surface area contributed by atoms with Gasteiger partial charge in [0.25, 0.3) is 11.8 Å². The summed E-state index contributed by atoms with van der Waals surface area (Å²) in [5, 5.41) is 0.752. The van der Waals surface area contributed by atoms with Crippen LogP contribution in [0.3, 0.4) is 0 Å². The molecule has 4 aromatic rings. The first-order valence-corrected chi connectivity index (χ1v) is 10.4. The predicted molar refractivity (Wildman–Crippen MR) is 124 cm³/mol. The summed E-state index contributed by atoms with van der Waals surface area (Å²) in [6, 6.07) is 20.4. The van der Waals surface area contributed by atoms with Crippen LogP contribution in [0.2, 0.25) is 0 Å². The van der Waals surface area contributed by atoms with E-state index < -0.39 is 5.91 Å². The van der Waals surface area contributed by atoms with Gasteiger partial charge in [0.2, 0.25) is 0 Å². The van der Waals surface area contributed by atoms with Crippen molar-refractivity contribution in [2.45, 2.75) is 20.3 Å². The molecule has 0 N–H and O–H groups in total. The quantitative estimate of drug-likeness (QED) is 0.429. The molecule has 0 atom stereocenters. The minimum absolute atomic E-state index is 0.0334. The number of carbonyl (C=O) groups is 3. The summed E-state index contributed by atoms with van der Waals surface area (Å²) >= 11 is 0. The van der Waals surface area contributed by atoms with Crippen LogP contribution in [0.25, 0.3) is 22.0 Å². The van der Waals surface area contributed by atoms with E-state index in [-0.39, 0.29) is 23.7 Å². The molecule has 0 fully saturated rings. The Hall–Kier alpha value is -4.12. The third kappa shape index (κ3) is 3.02. The molecule has 5 nitrogen and oxygen atoms in total. The van der Waals surface area contributed by atoms with Crippen molar-refractivity contribution in [1.29, 1.82) is 0 Å². The molecule has 0 unspecified atom stereocenters. The second-order valence-electron chi connectivity index (χ2n) is 8.03. The summed E-state index contributed by atoms with van der Waals surface area (Å²) in [6.07, 6.45) is 1.68. The molecule has 32 heavy (non-hydrogen) atoms. The van der Waals surface area contributed by atoms with Gasteiger partial charge in [0.1, 0.15) is 5.78 Å². The molecule has 3 aromatic carbocycles. The molecule has 0 aliphatic carbocycles. The molecule has 1 aliphatic rings. The highest BCUT2D eigenvalue weighted by molar-refractivity contribution is 6.38. The molecule has 5 heteroatoms. The molecule has 0 spiro atoms. The molecule has 1 aromatic heterocycles. The fraction of sp³-hybridized carbons (Fsp3) is 0.111. The van der Waals surface area contributed by atoms with Crippen molar-refractivity contribution >= 4 is 34.2 Å². The van der Waals surface area contributed by atoms with E-state index in [1.165, 1.54) is 11.8 Å². The van der Waals surface area contributed by atoms with Crippen LogP contribution in [0, 0.1) is 6.92 Å². The Bertz CT molecular complexity index is 1410. The van der Waals surface area contributed by atoms with Gasteiger partial charge in [-0.05, 0) is 43.2 Å². The predicted octanol–water partition coefficient (Wildman–Crippen LogP) is 5.14. The molecule has 2 amide bonds. The van der Waals surface area contributed by atoms with Crippen LogP contribution in [-0.4, -0.2) is 22.6 Å². The molecule has 1 aliphatic heterocycles. The molecular formula is C27H20N2O3. The van der Waals surface area contributed by atoms with Crippen molar-refractivity contribution in [3.8, 4) is 11.1 Å². The van der Waals surface area contributed by atoms with Gasteiger partial charge in [-0.15, -0.1) is 0 Å². The van der Waals surface area contributed by atoms with E-state index in [9.17, 15) is 14.4 Å². The number of anilines is 1. The van der Waals surface area contributed by atoms with Crippen LogP contribution >= 0.6 is 0 Å². The van der Waals surface area contributed by atoms with Crippen LogP contribution in [0.5, 0.6) is 0 Å². The number of para-hydroxylation sites is 1. The van der Waals surface area contributed by atoms with Crippen molar-refractivity contribution in [3.63, 3.8) is 0 Å². The smallest absolute Gasteiger partial charge is 0.266 e. The number of rotatable bonds is 4. The molecule has 156 valence electrons. The summed E-state index contributed by atoms with van der Waals surface area (Å²) in [7, 11) is 0. The monoisotopic (exact) mass is 420 g/mol. The lowest BCUT2D eigenvalue weighted by atomic mass is 9.87. The lowest BCUT2D eigenvalue weighted by molar-refractivity contribution is -0.116. The Balaban J connectivity index is 1.90. The zero-order chi connectivity index (χ0) is 22.4. The first kappa shape index (κ1) is 19.8. The van der Waals surface area contributed by atoms with Gasteiger partial charge in [0.15, 0.2) is 0 Å². The van der Waals surface area contributed by atoms with Gasteiger partial charge in [-0.2, -0.15) is 0 Å². The minimum Gasteiger partial charge on any atom is -0.300 e. The number of aryl methyl sites for hydroxylation is 1. The van der Waals surface area contributed by atoms with E-state index in [2.05, 4.69) is 4.98 Å². The second-order valence-corrected chi connectivity index (χ2v) is 8.03. The summed E-state index contributed by atoms with van der Waals surface area (Å²) in [5.41, 5.74) is 4.79. The van der Waals surface area contributed by atoms with Gasteiger partial charge in [-0.3, -0.25) is 19.4 Å². The Morgan fingerprint density at radius 3 is 2.22 bits per heavy atom. The van der Waals surface area contributed by atoms with E-state index in [4.69, 9.17) is 0 Å². The number of Topliss-reactive ketones (excluding diaryl/α,β-unsaturated/α-hetero) is 1. The Labute approximate surface area is 185 Å². The van der Waals surface area contributed by atoms with E-state index >= 15 is 0 Å². The molecule has 0 saturated carbocycles. The SMILES string of the molecule is CC(=O)Cc1c2c(c(-c3ccc(C)cc3)c3cccnc13)C(=O)N(c1ccccc1)C2=O. The second kappa shape index (κ2) is 7.54. The van der Waals surface area contributed by atoms with Crippen molar-refractivity contribution in [3.05, 3.63) is 95.2 Å². The largest absolute Gasteiger partial charge is 0.300 e. The number of hydrogen-bond donors (Lipinski definition) is 0. The number of carbonyl (C=O) groups excluding carboxylic acids is 3. The number of nitrogens with zero attached hydrogens (tertiary/aromatic N) is 2. The molecular weight excluding hydrogens is 400 g/mol. The summed E-state index contributed by atoms with van der Waals surface area (Å²) in [5.74, 6) is -0.906. The molecule has 0 saturated heterocycles. The highest BCUT2D eigenvalue weighted by Gasteiger charge is 2.42. The fourth-order valence-electron chi connectivity index (χ4n) is 4.39. The van der Waals surface area contributed by atoms with E-state index in [0.29, 0.717) is 27.9 Å². The maximum Gasteiger partial charge on any atom is 0.266 e. The number of hydrogen-bond acceptors (Lipinski definition) is 4. The van der Waals surface area contributed by atoms with Crippen LogP contribution in [0.15, 0.2) is 72.9 Å². The molecule has 0 bridgehead atoms. The topological polar surface area (TPSA) is 67.3 Å². The van der Waals surface area contributed by atoms with Gasteiger partial charge in [-0.1, -0.05) is 54.1 Å². The van der Waals surface area contributed by atoms with Crippen LogP contribution in [0.4, 0.5) is 5.69 Å². The van der Waals surface area contributed by atoms with Crippen molar-refractivity contribution < 1.29 is 14.4 Å². The number of ketones is 1. The zero-order valence-corrected chi connectivity index (χ0v) is 17.8. The van der Waals surface area contributed by atoms with Gasteiger partial charge < -0.3 is 0 Å². The lowest BCUT2D eigenvalue weighted by Crippen LogP contribution is -2.29. The maximum absolute atomic E-state index is 13.8. The number of imide groups is 1. The number of fused-ring (bicyclic) bond motifs is 2. The first-order valence-electron chi connectivity index (χ1n) is 10.4. The molecule has 2 heterocycles. The van der Waals surface area contributed by atoms with E-state index in [1.54, 1.807) is 36.5 Å². The third-order valence-electron chi connectivity index (χ3n) is 5.78. The van der Waals surface area contributed by atoms with E-state index in [1.807, 2.05) is 43.3 Å². The average Bonchev–Trinajstić information content (AvgIpc) is 3.05. The van der Waals surface area contributed by atoms with Gasteiger partial charge in [-0.25, -0.2) is 4.90 Å². The standard InChI is InChI=1S/C27H20N2O3/c1-16-10-12-18(13-11-16)22-20-9-6-14-28-25(20)21(15-17(2)30)23-24(22)27(32)29(26(23)31)19-7-4-3-5-8-19/h3-14H,15H2,1-2H3. The molecule has 5 rings (SSSR count). The average molecular weight is 420 g/mol. The van der Waals surface area contributed by atoms with Gasteiger partial charge in [0.05, 0.1) is 22.3 Å². The fourth-order valence-corrected chi connectivity index (χ4v) is 4.39. The highest BCUT2D eigenvalue weighted by Crippen LogP contribution is 2.42. The normalized spacial score (nSPS) is 13.0. The Morgan fingerprint density at radius 1 is 0.844 bits per heavy atom. The lowest BCUT2D eigenvalue weighted by Gasteiger charge is -2.15. The van der Waals surface area contributed by atoms with Crippen LogP contribution < -0.4 is 4.90 Å². The van der Waals surface area contributed by atoms with Crippen LogP contribution in [-0.2, 0) is 11.2 Å². The molecule has 0 radical (unpaired) electrons. The first-order chi connectivity index (χ1) is 15.5. The van der Waals surface area contributed by atoms with Crippen LogP contribution in [0.1, 0.15) is 38.8 Å². The number of aromatic nitrogens is 1. The Kier molecular flexibility index (Phi) is 4.67. The zero-order valence-electron chi connectivity index (χ0n) is 17.8. The number of pyridine rings is 1. The van der Waals surface area contributed by atoms with Gasteiger partial charge in [0, 0.05) is 23.6 Å². The number of benzene rings is 3. The van der Waals surface area contributed by atoms with Crippen molar-refractivity contribution in [2.24, 2.45) is 0 Å². The van der Waals surface area contributed by atoms with Gasteiger partial charge >= 0.3 is 0 Å². The Morgan fingerprint density at radius 2 is 1.53 bits per heavy atom. The number of amides is 2. The highest BCUT2D eigenvalue weighted by atomic mass is 16.2. The minimum atomic E-state index is -0.423. The van der Waals surface area contributed by atoms with Crippen molar-refractivity contribution in [1.82, 2.24) is 4.98 Å². The summed E-state index contributed by atoms with van der Waals surface area (Å²) in [4.78, 5) is 45.3. The summed E-state index contributed by atoms with van der Waals surface area (Å²) in [6.45, 7) is 3.47. The maximum atomic E-state index is 13.8.